The highest BCUT2D eigenvalue weighted by Crippen LogP contribution is 2.48. The van der Waals surface area contributed by atoms with Gasteiger partial charge in [-0.05, 0) is 84.1 Å². The minimum Gasteiger partial charge on any atom is -0.310 e. The van der Waals surface area contributed by atoms with Gasteiger partial charge in [-0.2, -0.15) is 0 Å². The highest BCUT2D eigenvalue weighted by Gasteiger charge is 2.39. The Morgan fingerprint density at radius 1 is 1.37 bits per heavy atom. The van der Waals surface area contributed by atoms with E-state index >= 15 is 0 Å². The summed E-state index contributed by atoms with van der Waals surface area (Å²) in [5.41, 5.74) is 1.15. The third kappa shape index (κ3) is 2.87. The molecule has 0 saturated heterocycles. The van der Waals surface area contributed by atoms with Gasteiger partial charge in [0, 0.05) is 6.04 Å². The van der Waals surface area contributed by atoms with Gasteiger partial charge in [0.05, 0.1) is 4.47 Å². The van der Waals surface area contributed by atoms with Crippen molar-refractivity contribution in [2.24, 2.45) is 17.8 Å². The Morgan fingerprint density at radius 3 is 2.84 bits per heavy atom. The van der Waals surface area contributed by atoms with E-state index in [1.807, 2.05) is 12.1 Å². The Kier molecular flexibility index (Phi) is 3.95. The van der Waals surface area contributed by atoms with Gasteiger partial charge in [-0.15, -0.1) is 0 Å². The number of benzene rings is 1. The second-order valence-electron chi connectivity index (χ2n) is 6.24. The second kappa shape index (κ2) is 5.53. The first-order valence-electron chi connectivity index (χ1n) is 7.32. The summed E-state index contributed by atoms with van der Waals surface area (Å²) in [6.45, 7) is 3.27. The molecule has 4 atom stereocenters. The fourth-order valence-electron chi connectivity index (χ4n) is 3.85. The van der Waals surface area contributed by atoms with Crippen LogP contribution in [0.2, 0.25) is 0 Å². The average Bonchev–Trinajstić information content (AvgIpc) is 3.01. The van der Waals surface area contributed by atoms with Crippen LogP contribution in [0.25, 0.3) is 0 Å². The molecule has 104 valence electrons. The minimum atomic E-state index is -0.191. The van der Waals surface area contributed by atoms with E-state index in [1.54, 1.807) is 0 Å². The molecule has 19 heavy (non-hydrogen) atoms. The molecule has 2 aliphatic rings. The van der Waals surface area contributed by atoms with Crippen molar-refractivity contribution in [2.45, 2.75) is 38.6 Å². The van der Waals surface area contributed by atoms with Crippen LogP contribution in [0.15, 0.2) is 22.7 Å². The van der Waals surface area contributed by atoms with Crippen LogP contribution in [0.3, 0.4) is 0 Å². The molecule has 0 radical (unpaired) electrons. The van der Waals surface area contributed by atoms with Crippen LogP contribution in [-0.4, -0.2) is 6.54 Å². The van der Waals surface area contributed by atoms with Crippen LogP contribution in [-0.2, 0) is 0 Å². The van der Waals surface area contributed by atoms with Crippen LogP contribution in [0.5, 0.6) is 0 Å². The van der Waals surface area contributed by atoms with E-state index in [2.05, 4.69) is 28.2 Å². The predicted molar refractivity (Wildman–Crippen MR) is 79.5 cm³/mol. The molecule has 3 heteroatoms. The molecule has 0 amide bonds. The summed E-state index contributed by atoms with van der Waals surface area (Å²) in [7, 11) is 0. The van der Waals surface area contributed by atoms with Crippen molar-refractivity contribution >= 4 is 15.9 Å². The lowest BCUT2D eigenvalue weighted by Gasteiger charge is -2.24. The molecule has 2 aliphatic carbocycles. The molecule has 2 bridgehead atoms. The zero-order valence-corrected chi connectivity index (χ0v) is 12.9. The molecule has 0 spiro atoms. The molecule has 0 heterocycles. The Morgan fingerprint density at radius 2 is 2.21 bits per heavy atom. The first-order chi connectivity index (χ1) is 9.13. The summed E-state index contributed by atoms with van der Waals surface area (Å²) < 4.78 is 13.8. The fourth-order valence-corrected chi connectivity index (χ4v) is 4.25. The summed E-state index contributed by atoms with van der Waals surface area (Å²) in [6.07, 6.45) is 5.77. The van der Waals surface area contributed by atoms with Crippen LogP contribution in [0, 0.1) is 23.6 Å². The van der Waals surface area contributed by atoms with Crippen molar-refractivity contribution < 1.29 is 4.39 Å². The molecule has 1 aromatic rings. The largest absolute Gasteiger partial charge is 0.310 e. The smallest absolute Gasteiger partial charge is 0.137 e. The number of nitrogens with one attached hydrogen (secondary N) is 1. The Hall–Kier alpha value is -0.410. The van der Waals surface area contributed by atoms with E-state index in [4.69, 9.17) is 0 Å². The highest BCUT2D eigenvalue weighted by molar-refractivity contribution is 9.10. The summed E-state index contributed by atoms with van der Waals surface area (Å²) in [5, 5.41) is 3.63. The predicted octanol–water partition coefficient (Wildman–Crippen LogP) is 4.68. The summed E-state index contributed by atoms with van der Waals surface area (Å²) in [6, 6.07) is 5.58. The molecule has 2 saturated carbocycles. The van der Waals surface area contributed by atoms with Gasteiger partial charge in [-0.25, -0.2) is 4.39 Å². The number of fused-ring (bicyclic) bond motifs is 2. The van der Waals surface area contributed by atoms with Gasteiger partial charge in [0.15, 0.2) is 0 Å². The van der Waals surface area contributed by atoms with E-state index in [9.17, 15) is 4.39 Å². The summed E-state index contributed by atoms with van der Waals surface area (Å²) in [5.74, 6) is 2.64. The van der Waals surface area contributed by atoms with Gasteiger partial charge < -0.3 is 5.32 Å². The molecule has 4 unspecified atom stereocenters. The Labute approximate surface area is 123 Å². The van der Waals surface area contributed by atoms with Gasteiger partial charge in [-0.1, -0.05) is 12.5 Å². The fraction of sp³-hybridized carbons (Fsp3) is 0.625. The van der Waals surface area contributed by atoms with Crippen LogP contribution < -0.4 is 5.32 Å². The minimum absolute atomic E-state index is 0.191. The molecular weight excluding hydrogens is 305 g/mol. The Balaban J connectivity index is 1.56. The SMILES string of the molecule is CC(NCC1CC2CCC1C2)c1ccc(F)c(Br)c1. The lowest BCUT2D eigenvalue weighted by atomic mass is 9.88. The number of hydrogen-bond acceptors (Lipinski definition) is 1. The van der Waals surface area contributed by atoms with Gasteiger partial charge in [-0.3, -0.25) is 0 Å². The van der Waals surface area contributed by atoms with E-state index in [-0.39, 0.29) is 11.9 Å². The molecule has 2 fully saturated rings. The average molecular weight is 326 g/mol. The number of halogens is 2. The first kappa shape index (κ1) is 13.6. The second-order valence-corrected chi connectivity index (χ2v) is 7.09. The quantitative estimate of drug-likeness (QED) is 0.847. The van der Waals surface area contributed by atoms with Crippen LogP contribution in [0.1, 0.15) is 44.2 Å². The van der Waals surface area contributed by atoms with Crippen molar-refractivity contribution in [3.8, 4) is 0 Å². The van der Waals surface area contributed by atoms with Crippen molar-refractivity contribution in [2.75, 3.05) is 6.54 Å². The maximum absolute atomic E-state index is 13.2. The number of hydrogen-bond donors (Lipinski definition) is 1. The van der Waals surface area contributed by atoms with E-state index in [0.29, 0.717) is 4.47 Å². The molecule has 0 aliphatic heterocycles. The maximum Gasteiger partial charge on any atom is 0.137 e. The van der Waals surface area contributed by atoms with Crippen LogP contribution in [0.4, 0.5) is 4.39 Å². The van der Waals surface area contributed by atoms with Gasteiger partial charge >= 0.3 is 0 Å². The van der Waals surface area contributed by atoms with E-state index in [1.165, 1.54) is 31.7 Å². The maximum atomic E-state index is 13.2. The highest BCUT2D eigenvalue weighted by atomic mass is 79.9. The summed E-state index contributed by atoms with van der Waals surface area (Å²) >= 11 is 3.26. The van der Waals surface area contributed by atoms with Gasteiger partial charge in [0.2, 0.25) is 0 Å². The zero-order valence-electron chi connectivity index (χ0n) is 11.3. The third-order valence-electron chi connectivity index (χ3n) is 5.01. The molecule has 1 nitrogen and oxygen atoms in total. The monoisotopic (exact) mass is 325 g/mol. The Bertz CT molecular complexity index is 462. The van der Waals surface area contributed by atoms with Crippen molar-refractivity contribution in [1.82, 2.24) is 5.32 Å². The van der Waals surface area contributed by atoms with Gasteiger partial charge in [0.25, 0.3) is 0 Å². The topological polar surface area (TPSA) is 12.0 Å². The molecule has 1 aromatic carbocycles. The molecule has 1 N–H and O–H groups in total. The molecule has 3 rings (SSSR count). The first-order valence-corrected chi connectivity index (χ1v) is 8.11. The van der Waals surface area contributed by atoms with Crippen molar-refractivity contribution in [1.29, 1.82) is 0 Å². The number of rotatable bonds is 4. The van der Waals surface area contributed by atoms with Crippen LogP contribution >= 0.6 is 15.9 Å². The van der Waals surface area contributed by atoms with Gasteiger partial charge in [0.1, 0.15) is 5.82 Å². The van der Waals surface area contributed by atoms with E-state index < -0.39 is 0 Å². The normalized spacial score (nSPS) is 30.8. The van der Waals surface area contributed by atoms with E-state index in [0.717, 1.165) is 29.9 Å². The lowest BCUT2D eigenvalue weighted by Crippen LogP contribution is -2.28. The lowest BCUT2D eigenvalue weighted by molar-refractivity contribution is 0.309. The standard InChI is InChI=1S/C16H21BrFN/c1-10(12-4-5-16(18)15(17)8-12)19-9-14-7-11-2-3-13(14)6-11/h4-5,8,10-11,13-14,19H,2-3,6-7,9H2,1H3. The third-order valence-corrected chi connectivity index (χ3v) is 5.62. The van der Waals surface area contributed by atoms with Crippen molar-refractivity contribution in [3.63, 3.8) is 0 Å². The van der Waals surface area contributed by atoms with Crippen molar-refractivity contribution in [3.05, 3.63) is 34.1 Å². The zero-order chi connectivity index (χ0) is 13.4. The summed E-state index contributed by atoms with van der Waals surface area (Å²) in [4.78, 5) is 0. The molecular formula is C16H21BrFN. The molecule has 0 aromatic heterocycles.